The highest BCUT2D eigenvalue weighted by atomic mass is 35.5. The van der Waals surface area contributed by atoms with E-state index in [1.165, 1.54) is 5.56 Å². The van der Waals surface area contributed by atoms with Gasteiger partial charge in [0, 0.05) is 25.6 Å². The first-order valence-electron chi connectivity index (χ1n) is 8.84. The quantitative estimate of drug-likeness (QED) is 0.773. The summed E-state index contributed by atoms with van der Waals surface area (Å²) in [6.45, 7) is 4.16. The zero-order valence-electron chi connectivity index (χ0n) is 15.2. The standard InChI is InChI=1S/C19H29N3O2.ClH/c1-15(13-20-2)19(24)21-14-18(23)22-10-8-17(9-11-22)12-16-6-4-3-5-7-16;/h3-7,15,17,20H,8-14H2,1-2H3,(H,21,24);1H. The number of amides is 2. The van der Waals surface area contributed by atoms with Crippen LogP contribution in [0.25, 0.3) is 0 Å². The number of halogens is 1. The molecule has 1 aromatic carbocycles. The summed E-state index contributed by atoms with van der Waals surface area (Å²) >= 11 is 0. The van der Waals surface area contributed by atoms with E-state index in [0.717, 1.165) is 32.4 Å². The molecule has 2 amide bonds. The van der Waals surface area contributed by atoms with Gasteiger partial charge in [-0.15, -0.1) is 12.4 Å². The Balaban J connectivity index is 0.00000312. The molecule has 1 heterocycles. The topological polar surface area (TPSA) is 61.4 Å². The van der Waals surface area contributed by atoms with Gasteiger partial charge in [-0.25, -0.2) is 0 Å². The third-order valence-electron chi connectivity index (χ3n) is 4.71. The molecule has 0 radical (unpaired) electrons. The summed E-state index contributed by atoms with van der Waals surface area (Å²) in [6.07, 6.45) is 3.15. The van der Waals surface area contributed by atoms with Gasteiger partial charge in [0.15, 0.2) is 0 Å². The third-order valence-corrected chi connectivity index (χ3v) is 4.71. The summed E-state index contributed by atoms with van der Waals surface area (Å²) in [5, 5.41) is 5.71. The van der Waals surface area contributed by atoms with Crippen LogP contribution in [0.15, 0.2) is 30.3 Å². The zero-order chi connectivity index (χ0) is 17.4. The molecule has 1 aromatic rings. The number of carbonyl (C=O) groups excluding carboxylic acids is 2. The van der Waals surface area contributed by atoms with Crippen LogP contribution in [0.4, 0.5) is 0 Å². The van der Waals surface area contributed by atoms with Crippen LogP contribution in [0.2, 0.25) is 0 Å². The number of likely N-dealkylation sites (tertiary alicyclic amines) is 1. The van der Waals surface area contributed by atoms with Crippen molar-refractivity contribution >= 4 is 24.2 Å². The van der Waals surface area contributed by atoms with Crippen LogP contribution in [0.5, 0.6) is 0 Å². The van der Waals surface area contributed by atoms with Gasteiger partial charge in [-0.3, -0.25) is 9.59 Å². The van der Waals surface area contributed by atoms with Gasteiger partial charge in [-0.1, -0.05) is 37.3 Å². The van der Waals surface area contributed by atoms with Crippen LogP contribution in [-0.4, -0.2) is 49.9 Å². The molecule has 0 saturated carbocycles. The van der Waals surface area contributed by atoms with E-state index in [1.807, 2.05) is 24.9 Å². The molecule has 1 fully saturated rings. The molecule has 0 bridgehead atoms. The SMILES string of the molecule is CNCC(C)C(=O)NCC(=O)N1CCC(Cc2ccccc2)CC1.Cl. The van der Waals surface area contributed by atoms with Crippen molar-refractivity contribution in [2.24, 2.45) is 11.8 Å². The Morgan fingerprint density at radius 2 is 1.84 bits per heavy atom. The number of hydrogen-bond acceptors (Lipinski definition) is 3. The van der Waals surface area contributed by atoms with Crippen molar-refractivity contribution in [2.75, 3.05) is 33.2 Å². The van der Waals surface area contributed by atoms with Gasteiger partial charge in [0.1, 0.15) is 0 Å². The van der Waals surface area contributed by atoms with E-state index < -0.39 is 0 Å². The molecule has 1 atom stereocenters. The molecular weight excluding hydrogens is 338 g/mol. The van der Waals surface area contributed by atoms with Crippen molar-refractivity contribution in [1.82, 2.24) is 15.5 Å². The van der Waals surface area contributed by atoms with E-state index in [-0.39, 0.29) is 36.7 Å². The highest BCUT2D eigenvalue weighted by molar-refractivity contribution is 5.86. The first-order chi connectivity index (χ1) is 11.6. The molecule has 0 spiro atoms. The second-order valence-electron chi connectivity index (χ2n) is 6.69. The van der Waals surface area contributed by atoms with Crippen molar-refractivity contribution in [3.8, 4) is 0 Å². The van der Waals surface area contributed by atoms with Crippen molar-refractivity contribution < 1.29 is 9.59 Å². The first kappa shape index (κ1) is 21.5. The van der Waals surface area contributed by atoms with Crippen molar-refractivity contribution in [1.29, 1.82) is 0 Å². The summed E-state index contributed by atoms with van der Waals surface area (Å²) in [5.41, 5.74) is 1.37. The van der Waals surface area contributed by atoms with E-state index in [9.17, 15) is 9.59 Å². The van der Waals surface area contributed by atoms with Gasteiger partial charge < -0.3 is 15.5 Å². The lowest BCUT2D eigenvalue weighted by molar-refractivity contribution is -0.134. The van der Waals surface area contributed by atoms with Gasteiger partial charge in [0.2, 0.25) is 11.8 Å². The number of benzene rings is 1. The fourth-order valence-electron chi connectivity index (χ4n) is 3.18. The molecule has 1 aliphatic heterocycles. The fraction of sp³-hybridized carbons (Fsp3) is 0.579. The predicted molar refractivity (Wildman–Crippen MR) is 103 cm³/mol. The molecule has 5 nitrogen and oxygen atoms in total. The summed E-state index contributed by atoms with van der Waals surface area (Å²) in [7, 11) is 1.81. The summed E-state index contributed by atoms with van der Waals surface area (Å²) in [4.78, 5) is 26.0. The first-order valence-corrected chi connectivity index (χ1v) is 8.84. The highest BCUT2D eigenvalue weighted by Crippen LogP contribution is 2.21. The average molecular weight is 368 g/mol. The van der Waals surface area contributed by atoms with E-state index >= 15 is 0 Å². The zero-order valence-corrected chi connectivity index (χ0v) is 16.0. The van der Waals surface area contributed by atoms with Crippen molar-refractivity contribution in [3.05, 3.63) is 35.9 Å². The van der Waals surface area contributed by atoms with Crippen LogP contribution >= 0.6 is 12.4 Å². The molecule has 1 aliphatic rings. The Labute approximate surface area is 157 Å². The molecule has 140 valence electrons. The largest absolute Gasteiger partial charge is 0.347 e. The lowest BCUT2D eigenvalue weighted by atomic mass is 9.90. The highest BCUT2D eigenvalue weighted by Gasteiger charge is 2.23. The number of nitrogens with zero attached hydrogens (tertiary/aromatic N) is 1. The average Bonchev–Trinajstić information content (AvgIpc) is 2.61. The molecule has 0 aliphatic carbocycles. The smallest absolute Gasteiger partial charge is 0.241 e. The molecule has 6 heteroatoms. The maximum Gasteiger partial charge on any atom is 0.241 e. The normalized spacial score (nSPS) is 16.0. The number of carbonyl (C=O) groups is 2. The Kier molecular flexibility index (Phi) is 9.53. The Morgan fingerprint density at radius 3 is 2.44 bits per heavy atom. The second kappa shape index (κ2) is 11.1. The van der Waals surface area contributed by atoms with Gasteiger partial charge >= 0.3 is 0 Å². The van der Waals surface area contributed by atoms with E-state index in [2.05, 4.69) is 34.9 Å². The molecule has 2 N–H and O–H groups in total. The summed E-state index contributed by atoms with van der Waals surface area (Å²) in [5.74, 6) is 0.468. The van der Waals surface area contributed by atoms with Crippen LogP contribution < -0.4 is 10.6 Å². The maximum atomic E-state index is 12.2. The fourth-order valence-corrected chi connectivity index (χ4v) is 3.18. The number of hydrogen-bond donors (Lipinski definition) is 2. The van der Waals surface area contributed by atoms with E-state index in [1.54, 1.807) is 0 Å². The van der Waals surface area contributed by atoms with Crippen molar-refractivity contribution in [2.45, 2.75) is 26.2 Å². The number of rotatable bonds is 7. The Morgan fingerprint density at radius 1 is 1.20 bits per heavy atom. The van der Waals surface area contributed by atoms with Crippen molar-refractivity contribution in [3.63, 3.8) is 0 Å². The predicted octanol–water partition coefficient (Wildman–Crippen LogP) is 1.86. The summed E-state index contributed by atoms with van der Waals surface area (Å²) < 4.78 is 0. The van der Waals surface area contributed by atoms with Gasteiger partial charge in [-0.05, 0) is 37.8 Å². The van der Waals surface area contributed by atoms with E-state index in [0.29, 0.717) is 12.5 Å². The lowest BCUT2D eigenvalue weighted by Gasteiger charge is -2.32. The Hall–Kier alpha value is -1.59. The number of piperidine rings is 1. The van der Waals surface area contributed by atoms with Crippen LogP contribution in [0, 0.1) is 11.8 Å². The van der Waals surface area contributed by atoms with Gasteiger partial charge in [0.25, 0.3) is 0 Å². The minimum atomic E-state index is -0.126. The van der Waals surface area contributed by atoms with Gasteiger partial charge in [-0.2, -0.15) is 0 Å². The molecule has 25 heavy (non-hydrogen) atoms. The Bertz CT molecular complexity index is 531. The second-order valence-corrected chi connectivity index (χ2v) is 6.69. The molecular formula is C19H30ClN3O2. The monoisotopic (exact) mass is 367 g/mol. The molecule has 1 unspecified atom stereocenters. The molecule has 2 rings (SSSR count). The van der Waals surface area contributed by atoms with Crippen LogP contribution in [0.1, 0.15) is 25.3 Å². The third kappa shape index (κ3) is 7.04. The van der Waals surface area contributed by atoms with Gasteiger partial charge in [0.05, 0.1) is 6.54 Å². The summed E-state index contributed by atoms with van der Waals surface area (Å²) in [6, 6.07) is 10.5. The molecule has 0 aromatic heterocycles. The van der Waals surface area contributed by atoms with Crippen LogP contribution in [0.3, 0.4) is 0 Å². The van der Waals surface area contributed by atoms with E-state index in [4.69, 9.17) is 0 Å². The minimum absolute atomic E-state index is 0. The number of nitrogens with one attached hydrogen (secondary N) is 2. The lowest BCUT2D eigenvalue weighted by Crippen LogP contribution is -2.45. The van der Waals surface area contributed by atoms with Crippen LogP contribution in [-0.2, 0) is 16.0 Å². The minimum Gasteiger partial charge on any atom is -0.347 e. The maximum absolute atomic E-state index is 12.2. The molecule has 1 saturated heterocycles.